The molecule has 0 fully saturated rings. The van der Waals surface area contributed by atoms with E-state index in [4.69, 9.17) is 24.1 Å². The normalized spacial score (nSPS) is 16.0. The number of hydrogen-bond acceptors (Lipinski definition) is 6. The van der Waals surface area contributed by atoms with Gasteiger partial charge in [0.25, 0.3) is 0 Å². The molecule has 2 aliphatic rings. The lowest BCUT2D eigenvalue weighted by Gasteiger charge is -2.14. The van der Waals surface area contributed by atoms with Crippen LogP contribution in [0.1, 0.15) is 60.9 Å². The summed E-state index contributed by atoms with van der Waals surface area (Å²) in [7, 11) is 0. The zero-order valence-electron chi connectivity index (χ0n) is 21.3. The topological polar surface area (TPSA) is 74.2 Å². The fourth-order valence-corrected chi connectivity index (χ4v) is 6.14. The number of carboxylic acid groups (broad SMARTS) is 1. The van der Waals surface area contributed by atoms with E-state index in [1.807, 2.05) is 18.2 Å². The van der Waals surface area contributed by atoms with E-state index in [-0.39, 0.29) is 12.3 Å². The molecule has 1 aliphatic carbocycles. The van der Waals surface area contributed by atoms with E-state index < -0.39 is 5.97 Å². The summed E-state index contributed by atoms with van der Waals surface area (Å²) in [6.45, 7) is 4.59. The first kappa shape index (κ1) is 25.5. The predicted molar refractivity (Wildman–Crippen MR) is 145 cm³/mol. The average molecular weight is 523 g/mol. The molecule has 1 N–H and O–H groups in total. The van der Waals surface area contributed by atoms with Crippen molar-refractivity contribution >= 4 is 17.3 Å². The van der Waals surface area contributed by atoms with Crippen molar-refractivity contribution in [3.05, 3.63) is 58.5 Å². The smallest absolute Gasteiger partial charge is 0.303 e. The maximum Gasteiger partial charge on any atom is 0.303 e. The molecule has 0 saturated carbocycles. The van der Waals surface area contributed by atoms with Gasteiger partial charge in [-0.25, -0.2) is 0 Å². The highest BCUT2D eigenvalue weighted by Crippen LogP contribution is 2.42. The minimum atomic E-state index is -0.740. The number of aliphatic carboxylic acids is 1. The van der Waals surface area contributed by atoms with Crippen LogP contribution in [0.15, 0.2) is 42.5 Å². The van der Waals surface area contributed by atoms with E-state index in [0.29, 0.717) is 19.8 Å². The summed E-state index contributed by atoms with van der Waals surface area (Å²) in [5.41, 5.74) is 3.47. The van der Waals surface area contributed by atoms with Gasteiger partial charge in [0.1, 0.15) is 11.5 Å². The summed E-state index contributed by atoms with van der Waals surface area (Å²) in [5, 5.41) is 9.11. The molecule has 2 aromatic carbocycles. The van der Waals surface area contributed by atoms with Gasteiger partial charge in [0.05, 0.1) is 32.8 Å². The Morgan fingerprint density at radius 3 is 2.73 bits per heavy atom. The van der Waals surface area contributed by atoms with Crippen LogP contribution in [0.3, 0.4) is 0 Å². The minimum Gasteiger partial charge on any atom is -0.493 e. The SMILES string of the molecule is CCCOc1cc(-c2cc3c(s2)CCCO3)ccc1OCCCOc1ccc2c(c1)CC[C@H]2CC(=O)O. The second-order valence-corrected chi connectivity index (χ2v) is 10.7. The highest BCUT2D eigenvalue weighted by Gasteiger charge is 2.25. The van der Waals surface area contributed by atoms with Crippen molar-refractivity contribution in [3.63, 3.8) is 0 Å². The third-order valence-corrected chi connectivity index (χ3v) is 8.04. The van der Waals surface area contributed by atoms with E-state index in [9.17, 15) is 4.79 Å². The van der Waals surface area contributed by atoms with Gasteiger partial charge in [-0.15, -0.1) is 11.3 Å². The van der Waals surface area contributed by atoms with E-state index in [1.165, 1.54) is 15.3 Å². The highest BCUT2D eigenvalue weighted by molar-refractivity contribution is 7.15. The van der Waals surface area contributed by atoms with Crippen molar-refractivity contribution < 1.29 is 28.8 Å². The summed E-state index contributed by atoms with van der Waals surface area (Å²) < 4.78 is 23.9. The second-order valence-electron chi connectivity index (χ2n) is 9.60. The van der Waals surface area contributed by atoms with Gasteiger partial charge in [-0.3, -0.25) is 4.79 Å². The van der Waals surface area contributed by atoms with Crippen LogP contribution in [0.25, 0.3) is 10.4 Å². The number of fused-ring (bicyclic) bond motifs is 2. The maximum absolute atomic E-state index is 11.1. The van der Waals surface area contributed by atoms with Gasteiger partial charge in [-0.1, -0.05) is 13.0 Å². The lowest BCUT2D eigenvalue weighted by Crippen LogP contribution is -2.07. The first-order valence-electron chi connectivity index (χ1n) is 13.2. The lowest BCUT2D eigenvalue weighted by molar-refractivity contribution is -0.137. The van der Waals surface area contributed by atoms with Crippen molar-refractivity contribution in [2.75, 3.05) is 26.4 Å². The molecule has 0 unspecified atom stereocenters. The third kappa shape index (κ3) is 6.21. The molecule has 3 aromatic rings. The van der Waals surface area contributed by atoms with Crippen LogP contribution in [0.2, 0.25) is 0 Å². The molecule has 5 rings (SSSR count). The van der Waals surface area contributed by atoms with Gasteiger partial charge in [-0.2, -0.15) is 0 Å². The van der Waals surface area contributed by atoms with Crippen LogP contribution >= 0.6 is 11.3 Å². The summed E-state index contributed by atoms with van der Waals surface area (Å²) in [6.07, 6.45) is 5.82. The maximum atomic E-state index is 11.1. The Hall–Kier alpha value is -3.19. The van der Waals surface area contributed by atoms with Gasteiger partial charge < -0.3 is 24.1 Å². The van der Waals surface area contributed by atoms with Crippen molar-refractivity contribution in [2.24, 2.45) is 0 Å². The quantitative estimate of drug-likeness (QED) is 0.261. The fourth-order valence-electron chi connectivity index (χ4n) is 5.00. The van der Waals surface area contributed by atoms with E-state index in [1.54, 1.807) is 11.3 Å². The van der Waals surface area contributed by atoms with Gasteiger partial charge >= 0.3 is 5.97 Å². The second kappa shape index (κ2) is 11.9. The first-order chi connectivity index (χ1) is 18.1. The molecular formula is C30H34O6S. The minimum absolute atomic E-state index is 0.115. The Morgan fingerprint density at radius 1 is 1.03 bits per heavy atom. The molecule has 0 amide bonds. The van der Waals surface area contributed by atoms with E-state index in [2.05, 4.69) is 31.2 Å². The van der Waals surface area contributed by atoms with Gasteiger partial charge in [0.2, 0.25) is 0 Å². The molecule has 0 saturated heterocycles. The monoisotopic (exact) mass is 522 g/mol. The molecule has 37 heavy (non-hydrogen) atoms. The van der Waals surface area contributed by atoms with Crippen molar-refractivity contribution in [1.29, 1.82) is 0 Å². The zero-order valence-corrected chi connectivity index (χ0v) is 22.1. The molecule has 1 atom stereocenters. The highest BCUT2D eigenvalue weighted by atomic mass is 32.1. The van der Waals surface area contributed by atoms with Crippen molar-refractivity contribution in [1.82, 2.24) is 0 Å². The molecule has 6 nitrogen and oxygen atoms in total. The van der Waals surface area contributed by atoms with Crippen LogP contribution in [-0.4, -0.2) is 37.5 Å². The van der Waals surface area contributed by atoms with Crippen LogP contribution < -0.4 is 18.9 Å². The average Bonchev–Trinajstić information content (AvgIpc) is 3.51. The number of rotatable bonds is 12. The Morgan fingerprint density at radius 2 is 1.89 bits per heavy atom. The Kier molecular flexibility index (Phi) is 8.19. The van der Waals surface area contributed by atoms with E-state index in [0.717, 1.165) is 79.3 Å². The molecule has 7 heteroatoms. The number of ether oxygens (including phenoxy) is 4. The van der Waals surface area contributed by atoms with Crippen molar-refractivity contribution in [2.45, 2.75) is 57.8 Å². The molecule has 0 radical (unpaired) electrons. The fraction of sp³-hybridized carbons (Fsp3) is 0.433. The van der Waals surface area contributed by atoms with Crippen molar-refractivity contribution in [3.8, 4) is 33.4 Å². The molecule has 1 aromatic heterocycles. The van der Waals surface area contributed by atoms with Gasteiger partial charge in [0, 0.05) is 16.2 Å². The third-order valence-electron chi connectivity index (χ3n) is 6.82. The number of thiophene rings is 1. The number of carbonyl (C=O) groups is 1. The Labute approximate surface area is 222 Å². The zero-order chi connectivity index (χ0) is 25.6. The summed E-state index contributed by atoms with van der Waals surface area (Å²) in [5.74, 6) is 2.73. The number of aryl methyl sites for hydroxylation is 2. The number of carboxylic acids is 1. The van der Waals surface area contributed by atoms with Crippen LogP contribution in [-0.2, 0) is 17.6 Å². The predicted octanol–water partition coefficient (Wildman–Crippen LogP) is 6.88. The molecule has 196 valence electrons. The molecule has 1 aliphatic heterocycles. The number of benzene rings is 2. The van der Waals surface area contributed by atoms with Gasteiger partial charge in [-0.05, 0) is 91.1 Å². The summed E-state index contributed by atoms with van der Waals surface area (Å²) >= 11 is 1.80. The van der Waals surface area contributed by atoms with Crippen LogP contribution in [0.4, 0.5) is 0 Å². The van der Waals surface area contributed by atoms with Gasteiger partial charge in [0.15, 0.2) is 11.5 Å². The Balaban J connectivity index is 1.15. The Bertz CT molecular complexity index is 1210. The first-order valence-corrected chi connectivity index (χ1v) is 14.1. The van der Waals surface area contributed by atoms with E-state index >= 15 is 0 Å². The van der Waals surface area contributed by atoms with Crippen LogP contribution in [0, 0.1) is 0 Å². The van der Waals surface area contributed by atoms with Crippen LogP contribution in [0.5, 0.6) is 23.0 Å². The molecule has 0 spiro atoms. The molecular weight excluding hydrogens is 488 g/mol. The number of hydrogen-bond donors (Lipinski definition) is 1. The summed E-state index contributed by atoms with van der Waals surface area (Å²) in [4.78, 5) is 13.6. The summed E-state index contributed by atoms with van der Waals surface area (Å²) in [6, 6.07) is 14.3. The standard InChI is InChI=1S/C30H34O6S/c1-2-12-34-26-17-22(29-19-27-28(37-29)5-3-13-36-27)8-11-25(26)35-15-4-14-33-23-9-10-24-20(16-23)6-7-21(24)18-30(31)32/h8-11,16-17,19,21H,2-7,12-15,18H2,1H3,(H,31,32)/t21-/m0/s1. The molecule has 0 bridgehead atoms. The molecule has 2 heterocycles. The lowest BCUT2D eigenvalue weighted by atomic mass is 9.98. The largest absolute Gasteiger partial charge is 0.493 e.